The van der Waals surface area contributed by atoms with Crippen LogP contribution in [0.3, 0.4) is 0 Å². The van der Waals surface area contributed by atoms with Gasteiger partial charge in [0.25, 0.3) is 0 Å². The highest BCUT2D eigenvalue weighted by molar-refractivity contribution is 7.99. The molecule has 1 saturated heterocycles. The molecule has 1 aromatic rings. The molecule has 1 aliphatic heterocycles. The molecule has 0 saturated carbocycles. The zero-order chi connectivity index (χ0) is 17.4. The second-order valence-corrected chi connectivity index (χ2v) is 7.95. The van der Waals surface area contributed by atoms with Gasteiger partial charge in [-0.2, -0.15) is 0 Å². The van der Waals surface area contributed by atoms with Crippen molar-refractivity contribution in [1.29, 1.82) is 0 Å². The van der Waals surface area contributed by atoms with Crippen LogP contribution in [0.2, 0.25) is 0 Å². The minimum absolute atomic E-state index is 0.0443. The first kappa shape index (κ1) is 19.0. The highest BCUT2D eigenvalue weighted by Crippen LogP contribution is 2.27. The van der Waals surface area contributed by atoms with Crippen LogP contribution in [0.15, 0.2) is 30.3 Å². The van der Waals surface area contributed by atoms with Crippen molar-refractivity contribution in [2.24, 2.45) is 11.8 Å². The Morgan fingerprint density at radius 1 is 1.25 bits per heavy atom. The lowest BCUT2D eigenvalue weighted by molar-refractivity contribution is -0.139. The lowest BCUT2D eigenvalue weighted by Gasteiger charge is -2.27. The van der Waals surface area contributed by atoms with Crippen LogP contribution in [0.4, 0.5) is 0 Å². The van der Waals surface area contributed by atoms with Gasteiger partial charge in [0, 0.05) is 11.7 Å². The lowest BCUT2D eigenvalue weighted by atomic mass is 9.88. The maximum atomic E-state index is 12.8. The van der Waals surface area contributed by atoms with Crippen LogP contribution >= 0.6 is 11.8 Å². The maximum absolute atomic E-state index is 12.8. The summed E-state index contributed by atoms with van der Waals surface area (Å²) in [6, 6.07) is 10.3. The van der Waals surface area contributed by atoms with Crippen LogP contribution in [0.1, 0.15) is 45.1 Å². The molecular weight excluding hydrogens is 318 g/mol. The molecule has 1 heterocycles. The Bertz CT molecular complexity index is 518. The second kappa shape index (κ2) is 9.87. The zero-order valence-electron chi connectivity index (χ0n) is 14.8. The van der Waals surface area contributed by atoms with Gasteiger partial charge in [0.2, 0.25) is 5.91 Å². The molecule has 1 fully saturated rings. The second-order valence-electron chi connectivity index (χ2n) is 6.95. The van der Waals surface area contributed by atoms with Crippen molar-refractivity contribution in [3.63, 3.8) is 0 Å². The van der Waals surface area contributed by atoms with E-state index >= 15 is 0 Å². The molecule has 1 aliphatic rings. The number of nitrogens with zero attached hydrogens (tertiary/aromatic N) is 1. The number of thioether (sulfide) groups is 1. The van der Waals surface area contributed by atoms with Gasteiger partial charge in [-0.15, -0.1) is 11.8 Å². The number of carbonyl (C=O) groups is 2. The Balaban J connectivity index is 1.76. The van der Waals surface area contributed by atoms with Gasteiger partial charge in [-0.25, -0.2) is 0 Å². The van der Waals surface area contributed by atoms with Gasteiger partial charge in [-0.3, -0.25) is 4.79 Å². The predicted octanol–water partition coefficient (Wildman–Crippen LogP) is 4.16. The fraction of sp³-hybridized carbons (Fsp3) is 0.600. The third-order valence-electron chi connectivity index (χ3n) is 4.80. The molecule has 24 heavy (non-hydrogen) atoms. The minimum atomic E-state index is -0.221. The van der Waals surface area contributed by atoms with E-state index in [1.165, 1.54) is 12.0 Å². The van der Waals surface area contributed by atoms with Crippen LogP contribution in [-0.2, 0) is 16.0 Å². The molecule has 3 nitrogen and oxygen atoms in total. The van der Waals surface area contributed by atoms with E-state index < -0.39 is 0 Å². The number of benzene rings is 1. The van der Waals surface area contributed by atoms with Crippen molar-refractivity contribution in [2.75, 3.05) is 11.6 Å². The molecule has 4 heteroatoms. The summed E-state index contributed by atoms with van der Waals surface area (Å²) in [5, 5.41) is 0. The number of hydrogen-bond donors (Lipinski definition) is 0. The molecule has 0 aromatic heterocycles. The van der Waals surface area contributed by atoms with Crippen LogP contribution in [0, 0.1) is 11.8 Å². The summed E-state index contributed by atoms with van der Waals surface area (Å²) in [6.45, 7) is 4.23. The van der Waals surface area contributed by atoms with Crippen molar-refractivity contribution >= 4 is 24.0 Å². The molecule has 1 amide bonds. The summed E-state index contributed by atoms with van der Waals surface area (Å²) in [4.78, 5) is 25.7. The standard InChI is InChI=1S/C20H29NO2S/c1-16(2)19(20(23)21-15-24-14-18(21)13-22)12-8-4-7-11-17-9-5-3-6-10-17/h3,5-6,9-10,13,16,18-19H,4,7-8,11-12,14-15H2,1-2H3/t18-,19?/m1/s1. The molecule has 2 rings (SSSR count). The average Bonchev–Trinajstić information content (AvgIpc) is 3.07. The minimum Gasteiger partial charge on any atom is -0.323 e. The van der Waals surface area contributed by atoms with Crippen LogP contribution < -0.4 is 0 Å². The van der Waals surface area contributed by atoms with Crippen LogP contribution in [0.5, 0.6) is 0 Å². The first-order chi connectivity index (χ1) is 11.6. The van der Waals surface area contributed by atoms with Crippen LogP contribution in [-0.4, -0.2) is 34.8 Å². The summed E-state index contributed by atoms with van der Waals surface area (Å²) in [5.41, 5.74) is 1.39. The average molecular weight is 348 g/mol. The molecule has 132 valence electrons. The summed E-state index contributed by atoms with van der Waals surface area (Å²) in [5.74, 6) is 1.96. The highest BCUT2D eigenvalue weighted by Gasteiger charge is 2.34. The normalized spacial score (nSPS) is 18.8. The number of rotatable bonds is 9. The number of unbranched alkanes of at least 4 members (excludes halogenated alkanes) is 2. The predicted molar refractivity (Wildman–Crippen MR) is 101 cm³/mol. The fourth-order valence-corrected chi connectivity index (χ4v) is 4.39. The Kier molecular flexibility index (Phi) is 7.83. The van der Waals surface area contributed by atoms with Gasteiger partial charge in [0.1, 0.15) is 6.29 Å². The van der Waals surface area contributed by atoms with Gasteiger partial charge in [-0.05, 0) is 30.7 Å². The molecule has 0 radical (unpaired) electrons. The van der Waals surface area contributed by atoms with E-state index in [9.17, 15) is 9.59 Å². The Labute approximate surface area is 150 Å². The van der Waals surface area contributed by atoms with E-state index in [-0.39, 0.29) is 17.9 Å². The van der Waals surface area contributed by atoms with E-state index in [4.69, 9.17) is 0 Å². The van der Waals surface area contributed by atoms with Gasteiger partial charge in [0.05, 0.1) is 11.9 Å². The zero-order valence-corrected chi connectivity index (χ0v) is 15.6. The molecule has 0 aliphatic carbocycles. The van der Waals surface area contributed by atoms with Crippen molar-refractivity contribution < 1.29 is 9.59 Å². The molecule has 1 aromatic carbocycles. The smallest absolute Gasteiger partial charge is 0.227 e. The van der Waals surface area contributed by atoms with Gasteiger partial charge in [0.15, 0.2) is 0 Å². The lowest BCUT2D eigenvalue weighted by Crippen LogP contribution is -2.42. The fourth-order valence-electron chi connectivity index (χ4n) is 3.27. The van der Waals surface area contributed by atoms with E-state index in [1.54, 1.807) is 16.7 Å². The number of hydrogen-bond acceptors (Lipinski definition) is 3. The number of aryl methyl sites for hydroxylation is 1. The van der Waals surface area contributed by atoms with Crippen LogP contribution in [0.25, 0.3) is 0 Å². The van der Waals surface area contributed by atoms with E-state index in [1.807, 2.05) is 6.07 Å². The van der Waals surface area contributed by atoms with E-state index in [0.717, 1.165) is 37.7 Å². The molecule has 0 N–H and O–H groups in total. The van der Waals surface area contributed by atoms with Gasteiger partial charge < -0.3 is 9.69 Å². The molecular formula is C20H29NO2S. The van der Waals surface area contributed by atoms with Gasteiger partial charge in [-0.1, -0.05) is 57.0 Å². The Hall–Kier alpha value is -1.29. The Morgan fingerprint density at radius 2 is 2.00 bits per heavy atom. The van der Waals surface area contributed by atoms with Gasteiger partial charge >= 0.3 is 0 Å². The quantitative estimate of drug-likeness (QED) is 0.497. The summed E-state index contributed by atoms with van der Waals surface area (Å²) in [6.07, 6.45) is 6.36. The maximum Gasteiger partial charge on any atom is 0.227 e. The molecule has 0 bridgehead atoms. The van der Waals surface area contributed by atoms with Crippen molar-refractivity contribution in [1.82, 2.24) is 4.90 Å². The number of amides is 1. The van der Waals surface area contributed by atoms with E-state index in [0.29, 0.717) is 11.8 Å². The first-order valence-corrected chi connectivity index (χ1v) is 10.2. The third-order valence-corrected chi connectivity index (χ3v) is 5.84. The summed E-state index contributed by atoms with van der Waals surface area (Å²) >= 11 is 1.68. The molecule has 1 unspecified atom stereocenters. The Morgan fingerprint density at radius 3 is 2.67 bits per heavy atom. The van der Waals surface area contributed by atoms with Crippen molar-refractivity contribution in [3.8, 4) is 0 Å². The summed E-state index contributed by atoms with van der Waals surface area (Å²) in [7, 11) is 0. The topological polar surface area (TPSA) is 37.4 Å². The van der Waals surface area contributed by atoms with E-state index in [2.05, 4.69) is 38.1 Å². The third kappa shape index (κ3) is 5.37. The largest absolute Gasteiger partial charge is 0.323 e. The van der Waals surface area contributed by atoms with Crippen molar-refractivity contribution in [2.45, 2.75) is 52.0 Å². The first-order valence-electron chi connectivity index (χ1n) is 9.01. The van der Waals surface area contributed by atoms with Crippen molar-refractivity contribution in [3.05, 3.63) is 35.9 Å². The highest BCUT2D eigenvalue weighted by atomic mass is 32.2. The molecule has 0 spiro atoms. The monoisotopic (exact) mass is 347 g/mol. The SMILES string of the molecule is CC(C)C(CCCCCc1ccccc1)C(=O)N1CSC[C@H]1C=O. The molecule has 2 atom stereocenters. The number of aldehydes is 1. The number of carbonyl (C=O) groups excluding carboxylic acids is 2. The summed E-state index contributed by atoms with van der Waals surface area (Å²) < 4.78 is 0.